The Morgan fingerprint density at radius 1 is 1.16 bits per heavy atom. The number of likely N-dealkylation sites (N-methyl/N-ethyl adjacent to an activating group) is 1. The third-order valence-corrected chi connectivity index (χ3v) is 11.1. The first-order valence-electron chi connectivity index (χ1n) is 14.8. The molecule has 2 fully saturated rings. The van der Waals surface area contributed by atoms with E-state index in [1.807, 2.05) is 24.2 Å². The molecule has 0 saturated carbocycles. The van der Waals surface area contributed by atoms with E-state index in [1.54, 1.807) is 49.8 Å². The van der Waals surface area contributed by atoms with Gasteiger partial charge in [-0.25, -0.2) is 13.4 Å². The summed E-state index contributed by atoms with van der Waals surface area (Å²) in [6.45, 7) is 5.26. The van der Waals surface area contributed by atoms with Gasteiger partial charge in [-0.15, -0.1) is 0 Å². The van der Waals surface area contributed by atoms with Crippen molar-refractivity contribution < 1.29 is 23.1 Å². The molecule has 14 heteroatoms. The molecule has 0 radical (unpaired) electrons. The minimum absolute atomic E-state index is 0.0360. The number of halogens is 1. The standard InChI is InChI=1S/C31H36ClN7O5S/c1-18(2)45(42,43)27-10-6-5-8-23(27)34-28-22(32)14-33-31(36-28)35-24-13-21-19(12-26(24)44-4)15-39(29(21)40)20-16-38(17-20)30(41)25-9-7-11-37(25)3/h5-6,8,10,12-15,18,20,25,40H,7,9,11,16-17H2,1-4H3,(H2,33,34,35,36)/t25-/m0/s1. The highest BCUT2D eigenvalue weighted by Gasteiger charge is 2.39. The van der Waals surface area contributed by atoms with Crippen LogP contribution in [0, 0.1) is 0 Å². The molecule has 2 aromatic carbocycles. The molecule has 6 rings (SSSR count). The van der Waals surface area contributed by atoms with Crippen molar-refractivity contribution in [2.24, 2.45) is 0 Å². The largest absolute Gasteiger partial charge is 0.495 e. The summed E-state index contributed by atoms with van der Waals surface area (Å²) in [6.07, 6.45) is 5.19. The van der Waals surface area contributed by atoms with E-state index in [0.717, 1.165) is 24.8 Å². The highest BCUT2D eigenvalue weighted by Crippen LogP contribution is 2.40. The fraction of sp³-hybridized carbons (Fsp3) is 0.387. The molecule has 2 aromatic heterocycles. The number of aromatic hydroxyl groups is 1. The van der Waals surface area contributed by atoms with Crippen LogP contribution in [0.2, 0.25) is 5.02 Å². The number of ether oxygens (including phenoxy) is 1. The molecule has 0 bridgehead atoms. The molecule has 1 amide bonds. The number of methoxy groups -OCH3 is 1. The normalized spacial score (nSPS) is 17.6. The molecule has 2 aliphatic heterocycles. The summed E-state index contributed by atoms with van der Waals surface area (Å²) in [5.74, 6) is 1.12. The maximum Gasteiger partial charge on any atom is 0.240 e. The summed E-state index contributed by atoms with van der Waals surface area (Å²) in [4.78, 5) is 25.8. The number of benzene rings is 2. The zero-order valence-corrected chi connectivity index (χ0v) is 27.1. The van der Waals surface area contributed by atoms with E-state index in [-0.39, 0.29) is 45.6 Å². The highest BCUT2D eigenvalue weighted by atomic mass is 35.5. The minimum atomic E-state index is -3.58. The number of nitrogens with one attached hydrogen (secondary N) is 2. The van der Waals surface area contributed by atoms with Crippen LogP contribution in [-0.4, -0.2) is 88.8 Å². The Bertz CT molecular complexity index is 1870. The summed E-state index contributed by atoms with van der Waals surface area (Å²) in [7, 11) is -0.0462. The summed E-state index contributed by atoms with van der Waals surface area (Å²) in [6, 6.07) is 10.0. The van der Waals surface area contributed by atoms with Gasteiger partial charge < -0.3 is 29.9 Å². The van der Waals surface area contributed by atoms with E-state index in [2.05, 4.69) is 25.5 Å². The van der Waals surface area contributed by atoms with Gasteiger partial charge in [0.2, 0.25) is 11.9 Å². The number of sulfone groups is 1. The average Bonchev–Trinajstić information content (AvgIpc) is 3.56. The second kappa shape index (κ2) is 12.0. The molecule has 4 heterocycles. The number of carbonyl (C=O) groups excluding carboxylic acids is 1. The van der Waals surface area contributed by atoms with Gasteiger partial charge in [0.25, 0.3) is 0 Å². The van der Waals surface area contributed by atoms with Gasteiger partial charge in [-0.05, 0) is 64.5 Å². The number of nitrogens with zero attached hydrogens (tertiary/aromatic N) is 5. The maximum atomic E-state index is 12.9. The third kappa shape index (κ3) is 5.75. The Balaban J connectivity index is 1.24. The van der Waals surface area contributed by atoms with Crippen molar-refractivity contribution in [3.8, 4) is 11.6 Å². The van der Waals surface area contributed by atoms with Gasteiger partial charge in [-0.1, -0.05) is 23.7 Å². The lowest BCUT2D eigenvalue weighted by atomic mass is 10.1. The number of rotatable bonds is 9. The molecular formula is C31H36ClN7O5S. The number of carbonyl (C=O) groups is 1. The van der Waals surface area contributed by atoms with E-state index < -0.39 is 15.1 Å². The van der Waals surface area contributed by atoms with Gasteiger partial charge in [0.05, 0.1) is 46.9 Å². The molecule has 3 N–H and O–H groups in total. The maximum absolute atomic E-state index is 12.9. The fourth-order valence-corrected chi connectivity index (χ4v) is 7.21. The lowest BCUT2D eigenvalue weighted by Crippen LogP contribution is -2.55. The Labute approximate surface area is 266 Å². The van der Waals surface area contributed by atoms with Crippen LogP contribution in [0.5, 0.6) is 11.6 Å². The molecule has 0 spiro atoms. The van der Waals surface area contributed by atoms with E-state index in [9.17, 15) is 18.3 Å². The van der Waals surface area contributed by atoms with Crippen molar-refractivity contribution in [2.45, 2.75) is 48.9 Å². The van der Waals surface area contributed by atoms with Gasteiger partial charge in [0, 0.05) is 30.1 Å². The quantitative estimate of drug-likeness (QED) is 0.227. The zero-order valence-electron chi connectivity index (χ0n) is 25.5. The lowest BCUT2D eigenvalue weighted by Gasteiger charge is -2.42. The molecule has 45 heavy (non-hydrogen) atoms. The van der Waals surface area contributed by atoms with Crippen LogP contribution in [0.15, 0.2) is 53.7 Å². The van der Waals surface area contributed by atoms with Crippen LogP contribution >= 0.6 is 11.6 Å². The Morgan fingerprint density at radius 3 is 2.60 bits per heavy atom. The summed E-state index contributed by atoms with van der Waals surface area (Å²) in [5.41, 5.74) is 0.846. The summed E-state index contributed by atoms with van der Waals surface area (Å²) in [5, 5.41) is 18.4. The molecule has 1 atom stereocenters. The van der Waals surface area contributed by atoms with Crippen molar-refractivity contribution in [1.82, 2.24) is 24.3 Å². The van der Waals surface area contributed by atoms with Crippen molar-refractivity contribution in [1.29, 1.82) is 0 Å². The molecule has 0 aliphatic carbocycles. The number of para-hydroxylation sites is 1. The van der Waals surface area contributed by atoms with Crippen LogP contribution in [0.1, 0.15) is 32.7 Å². The predicted molar refractivity (Wildman–Crippen MR) is 174 cm³/mol. The van der Waals surface area contributed by atoms with E-state index >= 15 is 0 Å². The van der Waals surface area contributed by atoms with Gasteiger partial charge in [0.15, 0.2) is 21.5 Å². The third-order valence-electron chi connectivity index (χ3n) is 8.57. The van der Waals surface area contributed by atoms with E-state index in [4.69, 9.17) is 16.3 Å². The topological polar surface area (TPSA) is 142 Å². The molecule has 4 aromatic rings. The highest BCUT2D eigenvalue weighted by molar-refractivity contribution is 7.92. The zero-order chi connectivity index (χ0) is 32.0. The van der Waals surface area contributed by atoms with Crippen molar-refractivity contribution in [3.63, 3.8) is 0 Å². The first kappa shape index (κ1) is 30.9. The van der Waals surface area contributed by atoms with Gasteiger partial charge >= 0.3 is 0 Å². The van der Waals surface area contributed by atoms with E-state index in [0.29, 0.717) is 35.6 Å². The monoisotopic (exact) mass is 653 g/mol. The molecular weight excluding hydrogens is 618 g/mol. The van der Waals surface area contributed by atoms with Crippen LogP contribution in [0.25, 0.3) is 10.8 Å². The minimum Gasteiger partial charge on any atom is -0.495 e. The van der Waals surface area contributed by atoms with Crippen LogP contribution in [0.4, 0.5) is 23.1 Å². The fourth-order valence-electron chi connectivity index (χ4n) is 5.87. The smallest absolute Gasteiger partial charge is 0.240 e. The Hall–Kier alpha value is -4.07. The second-order valence-electron chi connectivity index (χ2n) is 11.8. The number of likely N-dealkylation sites (tertiary alicyclic amines) is 2. The van der Waals surface area contributed by atoms with Crippen LogP contribution < -0.4 is 15.4 Å². The van der Waals surface area contributed by atoms with Gasteiger partial charge in [-0.2, -0.15) is 4.98 Å². The number of hydrogen-bond donors (Lipinski definition) is 3. The molecule has 0 unspecified atom stereocenters. The van der Waals surface area contributed by atoms with Crippen molar-refractivity contribution >= 4 is 61.3 Å². The van der Waals surface area contributed by atoms with Gasteiger partial charge in [0.1, 0.15) is 10.8 Å². The SMILES string of the molecule is COc1cc2cn(C3CN(C(=O)[C@@H]4CCCN4C)C3)c(O)c2cc1Nc1ncc(Cl)c(Nc2ccccc2S(=O)(=O)C(C)C)n1. The number of amides is 1. The first-order chi connectivity index (χ1) is 21.5. The number of hydrogen-bond acceptors (Lipinski definition) is 10. The van der Waals surface area contributed by atoms with Gasteiger partial charge in [-0.3, -0.25) is 9.69 Å². The lowest BCUT2D eigenvalue weighted by molar-refractivity contribution is -0.141. The molecule has 12 nitrogen and oxygen atoms in total. The van der Waals surface area contributed by atoms with Crippen LogP contribution in [0.3, 0.4) is 0 Å². The van der Waals surface area contributed by atoms with Crippen molar-refractivity contribution in [2.75, 3.05) is 44.4 Å². The number of aromatic nitrogens is 3. The van der Waals surface area contributed by atoms with Crippen LogP contribution in [-0.2, 0) is 14.6 Å². The first-order valence-corrected chi connectivity index (χ1v) is 16.7. The summed E-state index contributed by atoms with van der Waals surface area (Å²) >= 11 is 6.41. The molecule has 238 valence electrons. The molecule has 2 aliphatic rings. The Morgan fingerprint density at radius 2 is 1.91 bits per heavy atom. The predicted octanol–water partition coefficient (Wildman–Crippen LogP) is 4.95. The number of anilines is 4. The number of fused-ring (bicyclic) bond motifs is 1. The summed E-state index contributed by atoms with van der Waals surface area (Å²) < 4.78 is 33.3. The molecule has 2 saturated heterocycles. The average molecular weight is 654 g/mol. The van der Waals surface area contributed by atoms with Crippen molar-refractivity contribution in [3.05, 3.63) is 53.8 Å². The second-order valence-corrected chi connectivity index (χ2v) is 14.6. The van der Waals surface area contributed by atoms with E-state index in [1.165, 1.54) is 12.3 Å². The Kier molecular flexibility index (Phi) is 8.27.